The number of rotatable bonds is 3. The summed E-state index contributed by atoms with van der Waals surface area (Å²) >= 11 is -2.25. The van der Waals surface area contributed by atoms with Gasteiger partial charge in [-0.1, -0.05) is 0 Å². The fourth-order valence-corrected chi connectivity index (χ4v) is 12.0. The number of Topliss-reactive ketones (excluding diaryl/α,β-unsaturated/α-hetero) is 1. The molecule has 1 aromatic carbocycles. The Kier molecular flexibility index (Phi) is 5.22. The molecule has 0 radical (unpaired) electrons. The molecule has 1 aromatic rings. The van der Waals surface area contributed by atoms with Crippen LogP contribution in [0.25, 0.3) is 0 Å². The van der Waals surface area contributed by atoms with E-state index in [4.69, 9.17) is 0 Å². The van der Waals surface area contributed by atoms with Crippen LogP contribution in [0.5, 0.6) is 0 Å². The fourth-order valence-electron chi connectivity index (χ4n) is 5.23. The Balaban J connectivity index is 2.19. The van der Waals surface area contributed by atoms with Gasteiger partial charge in [-0.3, -0.25) is 0 Å². The van der Waals surface area contributed by atoms with Crippen molar-refractivity contribution in [2.75, 3.05) is 0 Å². The van der Waals surface area contributed by atoms with Gasteiger partial charge in [0.2, 0.25) is 0 Å². The molecular weight excluding hydrogens is 399 g/mol. The first-order valence-electron chi connectivity index (χ1n) is 9.93. The van der Waals surface area contributed by atoms with Crippen LogP contribution < -0.4 is 3.58 Å². The fraction of sp³-hybridized carbons (Fsp3) is 0.682. The van der Waals surface area contributed by atoms with Crippen molar-refractivity contribution in [1.82, 2.24) is 0 Å². The molecule has 3 rings (SSSR count). The number of ketones is 1. The summed E-state index contributed by atoms with van der Waals surface area (Å²) in [7, 11) is 0. The van der Waals surface area contributed by atoms with E-state index >= 15 is 0 Å². The first-order chi connectivity index (χ1) is 11.2. The Morgan fingerprint density at radius 1 is 1.08 bits per heavy atom. The van der Waals surface area contributed by atoms with Gasteiger partial charge in [-0.25, -0.2) is 0 Å². The molecule has 0 N–H and O–H groups in total. The molecule has 2 aliphatic carbocycles. The summed E-state index contributed by atoms with van der Waals surface area (Å²) in [5, 5.41) is 0. The summed E-state index contributed by atoms with van der Waals surface area (Å²) in [6, 6.07) is 2.44. The van der Waals surface area contributed by atoms with Crippen LogP contribution in [0.1, 0.15) is 78.9 Å². The molecule has 2 aliphatic rings. The summed E-state index contributed by atoms with van der Waals surface area (Å²) < 4.78 is 1.65. The van der Waals surface area contributed by atoms with Crippen molar-refractivity contribution in [3.05, 3.63) is 28.3 Å². The molecule has 0 aromatic heterocycles. The number of hydrogen-bond donors (Lipinski definition) is 0. The zero-order chi connectivity index (χ0) is 17.6. The second-order valence-electron chi connectivity index (χ2n) is 9.52. The molecule has 1 saturated carbocycles. The van der Waals surface area contributed by atoms with Crippen LogP contribution in [0, 0.1) is 18.8 Å². The predicted molar refractivity (Wildman–Crippen MR) is 106 cm³/mol. The Hall–Kier alpha value is -0.311. The molecule has 0 heterocycles. The van der Waals surface area contributed by atoms with Crippen molar-refractivity contribution in [3.63, 3.8) is 0 Å². The van der Waals surface area contributed by atoms with Crippen molar-refractivity contribution < 1.29 is 4.79 Å². The van der Waals surface area contributed by atoms with E-state index < -0.39 is 18.4 Å². The van der Waals surface area contributed by atoms with E-state index in [9.17, 15) is 4.79 Å². The third-order valence-electron chi connectivity index (χ3n) is 6.27. The maximum absolute atomic E-state index is 13.3. The topological polar surface area (TPSA) is 17.1 Å². The minimum atomic E-state index is -2.25. The number of carbonyl (C=O) groups is 1. The summed E-state index contributed by atoms with van der Waals surface area (Å²) in [6.45, 7) is 6.76. The molecule has 0 bridgehead atoms. The van der Waals surface area contributed by atoms with E-state index in [0.29, 0.717) is 17.6 Å². The standard InChI is InChI=1S/C19H25O.3CH3.Sn/c1-12(2)16-11-15-9-13(3)10-17(18(15)19(16)20)14-7-5-4-6-8-14;;;;/h10,12,14,16H,4-8,11H2,1-3H3;3*1H3;. The number of aryl methyl sites for hydroxylation is 1. The van der Waals surface area contributed by atoms with Crippen LogP contribution in [0.2, 0.25) is 14.8 Å². The average Bonchev–Trinajstić information content (AvgIpc) is 2.83. The van der Waals surface area contributed by atoms with Gasteiger partial charge in [0.1, 0.15) is 0 Å². The third-order valence-corrected chi connectivity index (χ3v) is 12.5. The number of hydrogen-bond acceptors (Lipinski definition) is 1. The van der Waals surface area contributed by atoms with Crippen molar-refractivity contribution in [1.29, 1.82) is 0 Å². The van der Waals surface area contributed by atoms with Gasteiger partial charge in [0, 0.05) is 0 Å². The van der Waals surface area contributed by atoms with Crippen molar-refractivity contribution in [2.24, 2.45) is 11.8 Å². The Morgan fingerprint density at radius 3 is 2.25 bits per heavy atom. The van der Waals surface area contributed by atoms with E-state index in [1.807, 2.05) is 0 Å². The molecule has 0 amide bonds. The van der Waals surface area contributed by atoms with Gasteiger partial charge >= 0.3 is 153 Å². The molecule has 0 aliphatic heterocycles. The second kappa shape index (κ2) is 6.78. The van der Waals surface area contributed by atoms with Crippen LogP contribution in [-0.2, 0) is 6.42 Å². The molecule has 2 heteroatoms. The molecule has 1 fully saturated rings. The first kappa shape index (κ1) is 18.5. The van der Waals surface area contributed by atoms with E-state index in [1.54, 1.807) is 3.58 Å². The molecule has 0 spiro atoms. The molecule has 24 heavy (non-hydrogen) atoms. The number of fused-ring (bicyclic) bond motifs is 1. The molecule has 1 atom stereocenters. The maximum atomic E-state index is 13.3. The third kappa shape index (κ3) is 3.22. The Labute approximate surface area is 152 Å². The van der Waals surface area contributed by atoms with Gasteiger partial charge in [0.25, 0.3) is 0 Å². The van der Waals surface area contributed by atoms with Gasteiger partial charge in [0.15, 0.2) is 0 Å². The van der Waals surface area contributed by atoms with Crippen molar-refractivity contribution in [3.8, 4) is 0 Å². The van der Waals surface area contributed by atoms with Crippen LogP contribution in [-0.4, -0.2) is 24.2 Å². The SMILES string of the molecule is Cc1cc(C2CCCCC2)c2c([c]1[Sn]([CH3])([CH3])[CH3])CC(C(C)C)C2=O. The zero-order valence-corrected chi connectivity index (χ0v) is 19.3. The molecule has 0 saturated heterocycles. The van der Waals surface area contributed by atoms with Gasteiger partial charge in [-0.2, -0.15) is 0 Å². The van der Waals surface area contributed by atoms with Gasteiger partial charge in [-0.05, 0) is 0 Å². The Morgan fingerprint density at radius 2 is 1.71 bits per heavy atom. The van der Waals surface area contributed by atoms with E-state index in [0.717, 1.165) is 6.42 Å². The van der Waals surface area contributed by atoms with Gasteiger partial charge in [-0.15, -0.1) is 0 Å². The predicted octanol–water partition coefficient (Wildman–Crippen LogP) is 5.60. The normalized spacial score (nSPS) is 22.3. The summed E-state index contributed by atoms with van der Waals surface area (Å²) in [5.41, 5.74) is 5.60. The van der Waals surface area contributed by atoms with E-state index in [2.05, 4.69) is 41.7 Å². The monoisotopic (exact) mass is 434 g/mol. The second-order valence-corrected chi connectivity index (χ2v) is 23.8. The number of carbonyl (C=O) groups excluding carboxylic acids is 1. The van der Waals surface area contributed by atoms with Crippen molar-refractivity contribution >= 4 is 27.7 Å². The Bertz CT molecular complexity index is 645. The quantitative estimate of drug-likeness (QED) is 0.568. The summed E-state index contributed by atoms with van der Waals surface area (Å²) in [4.78, 5) is 20.8. The average molecular weight is 433 g/mol. The minimum absolute atomic E-state index is 0.219. The van der Waals surface area contributed by atoms with Crippen LogP contribution in [0.15, 0.2) is 6.07 Å². The molecule has 1 nitrogen and oxygen atoms in total. The van der Waals surface area contributed by atoms with Gasteiger partial charge < -0.3 is 0 Å². The van der Waals surface area contributed by atoms with Crippen molar-refractivity contribution in [2.45, 2.75) is 80.0 Å². The molecule has 1 unspecified atom stereocenters. The summed E-state index contributed by atoms with van der Waals surface area (Å²) in [5.74, 6) is 1.77. The van der Waals surface area contributed by atoms with Crippen LogP contribution in [0.4, 0.5) is 0 Å². The molecule has 132 valence electrons. The van der Waals surface area contributed by atoms with Crippen LogP contribution in [0.3, 0.4) is 0 Å². The molecular formula is C22H34OSn. The van der Waals surface area contributed by atoms with E-state index in [1.165, 1.54) is 54.4 Å². The van der Waals surface area contributed by atoms with Crippen LogP contribution >= 0.6 is 0 Å². The van der Waals surface area contributed by atoms with Gasteiger partial charge in [0.05, 0.1) is 0 Å². The van der Waals surface area contributed by atoms with E-state index in [-0.39, 0.29) is 5.92 Å². The number of benzene rings is 1. The zero-order valence-electron chi connectivity index (χ0n) is 16.5. The summed E-state index contributed by atoms with van der Waals surface area (Å²) in [6.07, 6.45) is 7.61. The first-order valence-corrected chi connectivity index (χ1v) is 19.9.